The highest BCUT2D eigenvalue weighted by Gasteiger charge is 2.59. The van der Waals surface area contributed by atoms with Gasteiger partial charge in [-0.25, -0.2) is 0 Å². The van der Waals surface area contributed by atoms with Crippen LogP contribution in [0.25, 0.3) is 0 Å². The summed E-state index contributed by atoms with van der Waals surface area (Å²) in [6.07, 6.45) is 8.62. The fraction of sp³-hybridized carbons (Fsp3) is 0.696. The fourth-order valence-electron chi connectivity index (χ4n) is 5.93. The summed E-state index contributed by atoms with van der Waals surface area (Å²) >= 11 is 0. The third-order valence-corrected chi connectivity index (χ3v) is 7.21. The van der Waals surface area contributed by atoms with Gasteiger partial charge in [0.1, 0.15) is 0 Å². The second-order valence-electron chi connectivity index (χ2n) is 8.99. The summed E-state index contributed by atoms with van der Waals surface area (Å²) < 4.78 is 0. The zero-order chi connectivity index (χ0) is 18.9. The van der Waals surface area contributed by atoms with Gasteiger partial charge in [-0.15, -0.1) is 0 Å². The van der Waals surface area contributed by atoms with Gasteiger partial charge in [0.2, 0.25) is 5.91 Å². The molecule has 148 valence electrons. The summed E-state index contributed by atoms with van der Waals surface area (Å²) in [6, 6.07) is 11.7. The van der Waals surface area contributed by atoms with Crippen LogP contribution in [0.3, 0.4) is 0 Å². The molecule has 1 aliphatic carbocycles. The first-order chi connectivity index (χ1) is 13.1. The predicted octanol–water partition coefficient (Wildman–Crippen LogP) is 3.28. The summed E-state index contributed by atoms with van der Waals surface area (Å²) in [7, 11) is 0. The number of hydrogen-bond donors (Lipinski definition) is 2. The average molecular weight is 371 g/mol. The molecule has 4 heteroatoms. The molecule has 0 spiro atoms. The van der Waals surface area contributed by atoms with Crippen molar-refractivity contribution in [3.8, 4) is 0 Å². The molecule has 2 heterocycles. The van der Waals surface area contributed by atoms with Crippen LogP contribution < -0.4 is 5.32 Å². The highest BCUT2D eigenvalue weighted by molar-refractivity contribution is 5.85. The highest BCUT2D eigenvalue weighted by atomic mass is 16.3. The lowest BCUT2D eigenvalue weighted by Gasteiger charge is -2.38. The van der Waals surface area contributed by atoms with Crippen molar-refractivity contribution in [3.05, 3.63) is 35.9 Å². The van der Waals surface area contributed by atoms with E-state index in [1.54, 1.807) is 0 Å². The van der Waals surface area contributed by atoms with E-state index in [0.717, 1.165) is 57.9 Å². The Morgan fingerprint density at radius 3 is 2.59 bits per heavy atom. The molecular weight excluding hydrogens is 336 g/mol. The second kappa shape index (κ2) is 7.92. The first kappa shape index (κ1) is 18.9. The standard InChI is InChI=1S/C23H34N2O2/c1-2-14-25-19-10-13-21(25)23(16-19,15-17-6-4-3-5-7-17)22(27)24-18-8-11-20(26)12-9-18/h3-7,18-21,26H,2,8-16H2,1H3,(H,24,27)/t18?,19-,20?,21+,23+/m0/s1. The number of amides is 1. The lowest BCUT2D eigenvalue weighted by Crippen LogP contribution is -2.53. The van der Waals surface area contributed by atoms with E-state index < -0.39 is 0 Å². The van der Waals surface area contributed by atoms with Gasteiger partial charge in [-0.3, -0.25) is 9.69 Å². The molecule has 1 aromatic rings. The van der Waals surface area contributed by atoms with Gasteiger partial charge in [0, 0.05) is 18.1 Å². The van der Waals surface area contributed by atoms with E-state index in [1.807, 2.05) is 6.07 Å². The number of benzene rings is 1. The third kappa shape index (κ3) is 3.66. The van der Waals surface area contributed by atoms with E-state index in [2.05, 4.69) is 41.4 Å². The Morgan fingerprint density at radius 2 is 1.89 bits per heavy atom. The number of carbonyl (C=O) groups excluding carboxylic acids is 1. The minimum Gasteiger partial charge on any atom is -0.393 e. The molecule has 1 saturated carbocycles. The summed E-state index contributed by atoms with van der Waals surface area (Å²) in [5.74, 6) is 0.265. The van der Waals surface area contributed by atoms with E-state index in [1.165, 1.54) is 12.0 Å². The number of aliphatic hydroxyl groups excluding tert-OH is 1. The van der Waals surface area contributed by atoms with Crippen LogP contribution in [-0.4, -0.2) is 46.7 Å². The van der Waals surface area contributed by atoms with Gasteiger partial charge in [-0.2, -0.15) is 0 Å². The number of nitrogens with zero attached hydrogens (tertiary/aromatic N) is 1. The molecule has 3 fully saturated rings. The quantitative estimate of drug-likeness (QED) is 0.808. The summed E-state index contributed by atoms with van der Waals surface area (Å²) in [5.41, 5.74) is 0.978. The van der Waals surface area contributed by atoms with E-state index in [0.29, 0.717) is 12.1 Å². The number of fused-ring (bicyclic) bond motifs is 2. The SMILES string of the molecule is CCCN1[C@H]2CC[C@@H]1[C@](Cc1ccccc1)(C(=O)NC1CCC(O)CC1)C2. The van der Waals surface area contributed by atoms with Crippen molar-refractivity contribution in [2.45, 2.75) is 88.9 Å². The molecule has 1 amide bonds. The van der Waals surface area contributed by atoms with E-state index >= 15 is 0 Å². The van der Waals surface area contributed by atoms with Gasteiger partial charge in [-0.1, -0.05) is 37.3 Å². The molecule has 0 aromatic heterocycles. The smallest absolute Gasteiger partial charge is 0.228 e. The van der Waals surface area contributed by atoms with E-state index in [4.69, 9.17) is 0 Å². The Bertz CT molecular complexity index is 641. The Labute approximate surface area is 163 Å². The van der Waals surface area contributed by atoms with Crippen molar-refractivity contribution in [2.75, 3.05) is 6.54 Å². The number of hydrogen-bond acceptors (Lipinski definition) is 3. The molecule has 1 aromatic carbocycles. The fourth-order valence-corrected chi connectivity index (χ4v) is 5.93. The number of rotatable bonds is 6. The van der Waals surface area contributed by atoms with Crippen molar-refractivity contribution < 1.29 is 9.90 Å². The molecule has 2 bridgehead atoms. The minimum atomic E-state index is -0.296. The Kier molecular flexibility index (Phi) is 5.56. The van der Waals surface area contributed by atoms with Gasteiger partial charge in [0.25, 0.3) is 0 Å². The molecule has 2 N–H and O–H groups in total. The van der Waals surface area contributed by atoms with Crippen molar-refractivity contribution >= 4 is 5.91 Å². The van der Waals surface area contributed by atoms with Gasteiger partial charge < -0.3 is 10.4 Å². The lowest BCUT2D eigenvalue weighted by atomic mass is 9.69. The van der Waals surface area contributed by atoms with Crippen LogP contribution in [0, 0.1) is 5.41 Å². The molecular formula is C23H34N2O2. The predicted molar refractivity (Wildman–Crippen MR) is 107 cm³/mol. The monoisotopic (exact) mass is 370 g/mol. The van der Waals surface area contributed by atoms with Crippen LogP contribution in [0.2, 0.25) is 0 Å². The molecule has 3 atom stereocenters. The first-order valence-corrected chi connectivity index (χ1v) is 10.9. The maximum Gasteiger partial charge on any atom is 0.228 e. The Balaban J connectivity index is 1.56. The largest absolute Gasteiger partial charge is 0.393 e. The van der Waals surface area contributed by atoms with Crippen LogP contribution in [0.5, 0.6) is 0 Å². The van der Waals surface area contributed by atoms with Gasteiger partial charge in [0.05, 0.1) is 11.5 Å². The minimum absolute atomic E-state index is 0.182. The van der Waals surface area contributed by atoms with Gasteiger partial charge >= 0.3 is 0 Å². The molecule has 2 aliphatic heterocycles. The maximum atomic E-state index is 13.7. The zero-order valence-electron chi connectivity index (χ0n) is 16.6. The third-order valence-electron chi connectivity index (χ3n) is 7.21. The number of carbonyl (C=O) groups is 1. The number of aliphatic hydroxyl groups is 1. The van der Waals surface area contributed by atoms with Crippen molar-refractivity contribution in [3.63, 3.8) is 0 Å². The van der Waals surface area contributed by atoms with Crippen LogP contribution in [0.15, 0.2) is 30.3 Å². The zero-order valence-corrected chi connectivity index (χ0v) is 16.6. The Morgan fingerprint density at radius 1 is 1.15 bits per heavy atom. The van der Waals surface area contributed by atoms with Gasteiger partial charge in [-0.05, 0) is 69.9 Å². The molecule has 3 aliphatic rings. The molecule has 27 heavy (non-hydrogen) atoms. The van der Waals surface area contributed by atoms with Crippen LogP contribution in [0.1, 0.15) is 63.9 Å². The lowest BCUT2D eigenvalue weighted by molar-refractivity contribution is -0.134. The number of nitrogens with one attached hydrogen (secondary N) is 1. The molecule has 0 unspecified atom stereocenters. The van der Waals surface area contributed by atoms with Crippen LogP contribution in [0.4, 0.5) is 0 Å². The van der Waals surface area contributed by atoms with Crippen LogP contribution in [-0.2, 0) is 11.2 Å². The van der Waals surface area contributed by atoms with Crippen molar-refractivity contribution in [2.24, 2.45) is 5.41 Å². The highest BCUT2D eigenvalue weighted by Crippen LogP contribution is 2.52. The maximum absolute atomic E-state index is 13.7. The second-order valence-corrected chi connectivity index (χ2v) is 8.99. The normalized spacial score (nSPS) is 36.1. The summed E-state index contributed by atoms with van der Waals surface area (Å²) in [4.78, 5) is 16.3. The molecule has 4 nitrogen and oxygen atoms in total. The van der Waals surface area contributed by atoms with Crippen LogP contribution >= 0.6 is 0 Å². The topological polar surface area (TPSA) is 52.6 Å². The Hall–Kier alpha value is -1.39. The molecule has 2 saturated heterocycles. The molecule has 0 radical (unpaired) electrons. The average Bonchev–Trinajstić information content (AvgIpc) is 3.20. The van der Waals surface area contributed by atoms with Crippen molar-refractivity contribution in [1.29, 1.82) is 0 Å². The molecule has 4 rings (SSSR count). The van der Waals surface area contributed by atoms with Gasteiger partial charge in [0.15, 0.2) is 0 Å². The first-order valence-electron chi connectivity index (χ1n) is 10.9. The summed E-state index contributed by atoms with van der Waals surface area (Å²) in [6.45, 7) is 3.35. The summed E-state index contributed by atoms with van der Waals surface area (Å²) in [5, 5.41) is 13.2. The van der Waals surface area contributed by atoms with E-state index in [-0.39, 0.29) is 23.5 Å². The van der Waals surface area contributed by atoms with E-state index in [9.17, 15) is 9.90 Å². The van der Waals surface area contributed by atoms with Crippen molar-refractivity contribution in [1.82, 2.24) is 10.2 Å².